The molecular weight excluding hydrogens is 252 g/mol. The maximum absolute atomic E-state index is 6.14. The monoisotopic (exact) mass is 270 g/mol. The van der Waals surface area contributed by atoms with Gasteiger partial charge in [0.25, 0.3) is 0 Å². The van der Waals surface area contributed by atoms with Crippen molar-refractivity contribution in [2.75, 3.05) is 4.90 Å². The van der Waals surface area contributed by atoms with E-state index in [-0.39, 0.29) is 6.23 Å². The minimum Gasteiger partial charge on any atom is -0.468 e. The zero-order valence-corrected chi connectivity index (χ0v) is 11.7. The van der Waals surface area contributed by atoms with Crippen LogP contribution >= 0.6 is 0 Å². The Bertz CT molecular complexity index is 578. The first-order chi connectivity index (χ1) is 9.79. The molecule has 4 heteroatoms. The Labute approximate surface area is 118 Å². The molecule has 0 N–H and O–H groups in total. The molecule has 20 heavy (non-hydrogen) atoms. The SMILES string of the molecule is CCC(C)C1OC(c2ccccc2)=CN1c1ccno1. The van der Waals surface area contributed by atoms with Gasteiger partial charge in [-0.1, -0.05) is 49.3 Å². The minimum absolute atomic E-state index is 0.0526. The normalized spacial score (nSPS) is 19.6. The third-order valence-corrected chi connectivity index (χ3v) is 3.65. The van der Waals surface area contributed by atoms with Crippen molar-refractivity contribution in [1.29, 1.82) is 0 Å². The van der Waals surface area contributed by atoms with Crippen molar-refractivity contribution in [3.8, 4) is 0 Å². The van der Waals surface area contributed by atoms with Crippen LogP contribution in [-0.2, 0) is 4.74 Å². The Morgan fingerprint density at radius 1 is 1.25 bits per heavy atom. The fraction of sp³-hybridized carbons (Fsp3) is 0.312. The van der Waals surface area contributed by atoms with Gasteiger partial charge < -0.3 is 9.26 Å². The van der Waals surface area contributed by atoms with E-state index in [9.17, 15) is 0 Å². The molecule has 0 amide bonds. The van der Waals surface area contributed by atoms with Gasteiger partial charge in [-0.05, 0) is 6.42 Å². The van der Waals surface area contributed by atoms with E-state index in [0.717, 1.165) is 17.7 Å². The molecule has 1 aromatic carbocycles. The summed E-state index contributed by atoms with van der Waals surface area (Å²) < 4.78 is 11.4. The lowest BCUT2D eigenvalue weighted by atomic mass is 10.1. The van der Waals surface area contributed by atoms with E-state index in [1.807, 2.05) is 47.5 Å². The van der Waals surface area contributed by atoms with E-state index in [1.54, 1.807) is 6.20 Å². The quantitative estimate of drug-likeness (QED) is 0.845. The Hall–Kier alpha value is -2.23. The molecule has 0 saturated carbocycles. The van der Waals surface area contributed by atoms with Crippen molar-refractivity contribution in [1.82, 2.24) is 5.16 Å². The number of hydrogen-bond donors (Lipinski definition) is 0. The zero-order chi connectivity index (χ0) is 13.9. The van der Waals surface area contributed by atoms with Crippen LogP contribution in [0.25, 0.3) is 5.76 Å². The zero-order valence-electron chi connectivity index (χ0n) is 11.7. The lowest BCUT2D eigenvalue weighted by Crippen LogP contribution is -2.33. The van der Waals surface area contributed by atoms with Crippen LogP contribution in [0.4, 0.5) is 5.88 Å². The van der Waals surface area contributed by atoms with Crippen LogP contribution in [0.15, 0.2) is 53.3 Å². The standard InChI is InChI=1S/C16H18N2O2/c1-3-12(2)16-18(15-9-10-17-20-15)11-14(19-16)13-7-5-4-6-8-13/h4-12,16H,3H2,1-2H3. The van der Waals surface area contributed by atoms with Crippen molar-refractivity contribution in [3.63, 3.8) is 0 Å². The number of nitrogens with zero attached hydrogens (tertiary/aromatic N) is 2. The van der Waals surface area contributed by atoms with Crippen LogP contribution in [0.1, 0.15) is 25.8 Å². The number of benzene rings is 1. The van der Waals surface area contributed by atoms with E-state index in [2.05, 4.69) is 19.0 Å². The molecule has 0 fully saturated rings. The molecule has 2 unspecified atom stereocenters. The fourth-order valence-electron chi connectivity index (χ4n) is 2.29. The highest BCUT2D eigenvalue weighted by molar-refractivity contribution is 5.66. The van der Waals surface area contributed by atoms with Gasteiger partial charge in [-0.15, -0.1) is 0 Å². The van der Waals surface area contributed by atoms with Gasteiger partial charge in [-0.2, -0.15) is 0 Å². The lowest BCUT2D eigenvalue weighted by molar-refractivity contribution is 0.128. The third-order valence-electron chi connectivity index (χ3n) is 3.65. The summed E-state index contributed by atoms with van der Waals surface area (Å²) in [4.78, 5) is 2.02. The van der Waals surface area contributed by atoms with Gasteiger partial charge in [0.15, 0.2) is 6.23 Å². The van der Waals surface area contributed by atoms with Gasteiger partial charge in [0.2, 0.25) is 5.88 Å². The molecule has 3 rings (SSSR count). The second kappa shape index (κ2) is 5.41. The van der Waals surface area contributed by atoms with Crippen molar-refractivity contribution in [3.05, 3.63) is 54.4 Å². The van der Waals surface area contributed by atoms with Crippen LogP contribution in [0.3, 0.4) is 0 Å². The van der Waals surface area contributed by atoms with E-state index in [1.165, 1.54) is 0 Å². The summed E-state index contributed by atoms with van der Waals surface area (Å²) in [6, 6.07) is 12.0. The maximum atomic E-state index is 6.14. The average molecular weight is 270 g/mol. The van der Waals surface area contributed by atoms with E-state index in [4.69, 9.17) is 9.26 Å². The highest BCUT2D eigenvalue weighted by atomic mass is 16.5. The summed E-state index contributed by atoms with van der Waals surface area (Å²) in [7, 11) is 0. The second-order valence-corrected chi connectivity index (χ2v) is 5.01. The van der Waals surface area contributed by atoms with Crippen molar-refractivity contribution in [2.45, 2.75) is 26.5 Å². The first-order valence-corrected chi connectivity index (χ1v) is 6.92. The number of rotatable bonds is 4. The number of anilines is 1. The van der Waals surface area contributed by atoms with Gasteiger partial charge in [-0.3, -0.25) is 4.90 Å². The summed E-state index contributed by atoms with van der Waals surface area (Å²) in [6.07, 6.45) is 4.62. The molecular formula is C16H18N2O2. The Morgan fingerprint density at radius 2 is 2.05 bits per heavy atom. The second-order valence-electron chi connectivity index (χ2n) is 5.01. The predicted octanol–water partition coefficient (Wildman–Crippen LogP) is 3.88. The molecule has 2 atom stereocenters. The van der Waals surface area contributed by atoms with E-state index < -0.39 is 0 Å². The topological polar surface area (TPSA) is 38.5 Å². The molecule has 2 heterocycles. The van der Waals surface area contributed by atoms with Crippen LogP contribution in [0.5, 0.6) is 0 Å². The van der Waals surface area contributed by atoms with Crippen LogP contribution in [0.2, 0.25) is 0 Å². The van der Waals surface area contributed by atoms with Crippen molar-refractivity contribution < 1.29 is 9.26 Å². The van der Waals surface area contributed by atoms with Gasteiger partial charge in [0.1, 0.15) is 5.76 Å². The average Bonchev–Trinajstić information content (AvgIpc) is 3.16. The smallest absolute Gasteiger partial charge is 0.234 e. The predicted molar refractivity (Wildman–Crippen MR) is 77.7 cm³/mol. The summed E-state index contributed by atoms with van der Waals surface area (Å²) in [5.41, 5.74) is 1.07. The first-order valence-electron chi connectivity index (χ1n) is 6.92. The van der Waals surface area contributed by atoms with E-state index in [0.29, 0.717) is 11.8 Å². The minimum atomic E-state index is -0.0526. The van der Waals surface area contributed by atoms with Crippen molar-refractivity contribution in [2.24, 2.45) is 5.92 Å². The third kappa shape index (κ3) is 2.29. The summed E-state index contributed by atoms with van der Waals surface area (Å²) in [6.45, 7) is 4.34. The summed E-state index contributed by atoms with van der Waals surface area (Å²) >= 11 is 0. The van der Waals surface area contributed by atoms with Gasteiger partial charge in [0, 0.05) is 17.5 Å². The Kier molecular flexibility index (Phi) is 3.46. The van der Waals surface area contributed by atoms with E-state index >= 15 is 0 Å². The molecule has 0 radical (unpaired) electrons. The molecule has 2 aromatic rings. The Balaban J connectivity index is 1.93. The van der Waals surface area contributed by atoms with Crippen molar-refractivity contribution >= 4 is 11.6 Å². The molecule has 1 aliphatic heterocycles. The number of aromatic nitrogens is 1. The molecule has 1 aliphatic rings. The molecule has 0 spiro atoms. The fourth-order valence-corrected chi connectivity index (χ4v) is 2.29. The van der Waals surface area contributed by atoms with Gasteiger partial charge in [0.05, 0.1) is 12.4 Å². The molecule has 0 aliphatic carbocycles. The summed E-state index contributed by atoms with van der Waals surface area (Å²) in [5.74, 6) is 1.96. The van der Waals surface area contributed by atoms with Crippen LogP contribution in [-0.4, -0.2) is 11.4 Å². The lowest BCUT2D eigenvalue weighted by Gasteiger charge is -2.26. The first kappa shape index (κ1) is 12.8. The van der Waals surface area contributed by atoms with Gasteiger partial charge >= 0.3 is 0 Å². The summed E-state index contributed by atoms with van der Waals surface area (Å²) in [5, 5.41) is 3.78. The molecule has 104 valence electrons. The number of hydrogen-bond acceptors (Lipinski definition) is 4. The highest BCUT2D eigenvalue weighted by Gasteiger charge is 2.33. The largest absolute Gasteiger partial charge is 0.468 e. The van der Waals surface area contributed by atoms with Crippen LogP contribution in [0, 0.1) is 5.92 Å². The molecule has 0 bridgehead atoms. The molecule has 1 aromatic heterocycles. The highest BCUT2D eigenvalue weighted by Crippen LogP contribution is 2.34. The molecule has 4 nitrogen and oxygen atoms in total. The number of ether oxygens (including phenoxy) is 1. The molecule has 0 saturated heterocycles. The van der Waals surface area contributed by atoms with Crippen LogP contribution < -0.4 is 4.90 Å². The Morgan fingerprint density at radius 3 is 2.70 bits per heavy atom. The maximum Gasteiger partial charge on any atom is 0.234 e. The van der Waals surface area contributed by atoms with Gasteiger partial charge in [-0.25, -0.2) is 0 Å².